The van der Waals surface area contributed by atoms with Gasteiger partial charge in [0.2, 0.25) is 0 Å². The molecular weight excluding hydrogens is 357 g/mol. The van der Waals surface area contributed by atoms with Gasteiger partial charge in [-0.2, -0.15) is 0 Å². The molecular formula is C13H12Hg. The van der Waals surface area contributed by atoms with Crippen molar-refractivity contribution >= 4 is 3.07 Å². The van der Waals surface area contributed by atoms with Gasteiger partial charge in [0.15, 0.2) is 0 Å². The van der Waals surface area contributed by atoms with E-state index in [1.807, 2.05) is 0 Å². The van der Waals surface area contributed by atoms with E-state index in [1.54, 1.807) is 3.07 Å². The van der Waals surface area contributed by atoms with Gasteiger partial charge in [0.25, 0.3) is 0 Å². The van der Waals surface area contributed by atoms with Crippen molar-refractivity contribution in [2.45, 2.75) is 3.93 Å². The molecule has 0 saturated heterocycles. The molecule has 0 N–H and O–H groups in total. The van der Waals surface area contributed by atoms with Crippen LogP contribution in [-0.4, -0.2) is 0 Å². The van der Waals surface area contributed by atoms with Crippen LogP contribution in [0, 0.1) is 0 Å². The van der Waals surface area contributed by atoms with Crippen LogP contribution in [0.4, 0.5) is 0 Å². The van der Waals surface area contributed by atoms with E-state index in [2.05, 4.69) is 60.7 Å². The molecule has 0 saturated carbocycles. The standard InChI is InChI=1S/C7H7.C6H5.Hg/c1-7-5-3-2-4-6-7;1-2-4-6-5-3-1;/h2-6H,1H2;1-5H;. The molecule has 0 fully saturated rings. The molecule has 0 aromatic heterocycles. The monoisotopic (exact) mass is 370 g/mol. The van der Waals surface area contributed by atoms with E-state index in [-0.39, 0.29) is 0 Å². The molecule has 0 radical (unpaired) electrons. The topological polar surface area (TPSA) is 0 Å². The van der Waals surface area contributed by atoms with E-state index in [9.17, 15) is 0 Å². The van der Waals surface area contributed by atoms with Gasteiger partial charge in [-0.3, -0.25) is 0 Å². The Kier molecular flexibility index (Phi) is 3.76. The fourth-order valence-electron chi connectivity index (χ4n) is 1.58. The van der Waals surface area contributed by atoms with Crippen LogP contribution in [0.15, 0.2) is 60.7 Å². The zero-order valence-electron chi connectivity index (χ0n) is 8.19. The quantitative estimate of drug-likeness (QED) is 0.731. The Hall–Kier alpha value is -0.625. The van der Waals surface area contributed by atoms with E-state index in [0.717, 1.165) is 0 Å². The van der Waals surface area contributed by atoms with Crippen molar-refractivity contribution in [3.63, 3.8) is 0 Å². The van der Waals surface area contributed by atoms with Crippen LogP contribution in [0.2, 0.25) is 0 Å². The molecule has 0 heterocycles. The van der Waals surface area contributed by atoms with Crippen molar-refractivity contribution in [3.05, 3.63) is 66.2 Å². The molecule has 0 aliphatic heterocycles. The third kappa shape index (κ3) is 2.95. The number of hydrogen-bond acceptors (Lipinski definition) is 0. The van der Waals surface area contributed by atoms with E-state index in [1.165, 1.54) is 9.49 Å². The zero-order chi connectivity index (χ0) is 9.64. The predicted molar refractivity (Wildman–Crippen MR) is 56.2 cm³/mol. The van der Waals surface area contributed by atoms with Crippen molar-refractivity contribution in [2.24, 2.45) is 0 Å². The predicted octanol–water partition coefficient (Wildman–Crippen LogP) is 2.59. The van der Waals surface area contributed by atoms with Gasteiger partial charge in [-0.15, -0.1) is 0 Å². The second kappa shape index (κ2) is 5.30. The first-order chi connectivity index (χ1) is 6.95. The van der Waals surface area contributed by atoms with Gasteiger partial charge >= 0.3 is 97.8 Å². The zero-order valence-corrected chi connectivity index (χ0v) is 13.7. The van der Waals surface area contributed by atoms with Gasteiger partial charge in [0, 0.05) is 0 Å². The van der Waals surface area contributed by atoms with Crippen LogP contribution >= 0.6 is 0 Å². The molecule has 0 atom stereocenters. The second-order valence-corrected chi connectivity index (χ2v) is 10.5. The van der Waals surface area contributed by atoms with Crippen molar-refractivity contribution < 1.29 is 24.6 Å². The Morgan fingerprint density at radius 1 is 0.714 bits per heavy atom. The minimum atomic E-state index is -0.853. The molecule has 2 rings (SSSR count). The van der Waals surface area contributed by atoms with E-state index in [4.69, 9.17) is 0 Å². The Labute approximate surface area is 97.4 Å². The first-order valence-electron chi connectivity index (χ1n) is 5.03. The molecule has 0 aliphatic rings. The molecule has 0 amide bonds. The van der Waals surface area contributed by atoms with E-state index >= 15 is 0 Å². The summed E-state index contributed by atoms with van der Waals surface area (Å²) in [5, 5.41) is 0. The second-order valence-electron chi connectivity index (χ2n) is 3.47. The Morgan fingerprint density at radius 3 is 1.93 bits per heavy atom. The summed E-state index contributed by atoms with van der Waals surface area (Å²) in [6.45, 7) is 0. The van der Waals surface area contributed by atoms with Crippen molar-refractivity contribution in [1.29, 1.82) is 0 Å². The summed E-state index contributed by atoms with van der Waals surface area (Å²) >= 11 is -0.853. The third-order valence-electron chi connectivity index (χ3n) is 2.39. The van der Waals surface area contributed by atoms with E-state index in [0.29, 0.717) is 0 Å². The van der Waals surface area contributed by atoms with Gasteiger partial charge < -0.3 is 0 Å². The van der Waals surface area contributed by atoms with Gasteiger partial charge in [-0.1, -0.05) is 0 Å². The molecule has 0 unspecified atom stereocenters. The molecule has 66 valence electrons. The first kappa shape index (κ1) is 9.91. The van der Waals surface area contributed by atoms with Crippen molar-refractivity contribution in [3.8, 4) is 0 Å². The van der Waals surface area contributed by atoms with Crippen LogP contribution in [0.1, 0.15) is 5.56 Å². The van der Waals surface area contributed by atoms with Crippen LogP contribution in [0.3, 0.4) is 0 Å². The summed E-state index contributed by atoms with van der Waals surface area (Å²) in [5.41, 5.74) is 1.51. The Balaban J connectivity index is 1.96. The molecule has 0 bridgehead atoms. The Morgan fingerprint density at radius 2 is 1.29 bits per heavy atom. The van der Waals surface area contributed by atoms with Crippen molar-refractivity contribution in [2.75, 3.05) is 0 Å². The van der Waals surface area contributed by atoms with Crippen LogP contribution in [0.5, 0.6) is 0 Å². The van der Waals surface area contributed by atoms with Gasteiger partial charge in [0.1, 0.15) is 0 Å². The summed E-state index contributed by atoms with van der Waals surface area (Å²) < 4.78 is 2.99. The molecule has 0 nitrogen and oxygen atoms in total. The van der Waals surface area contributed by atoms with Gasteiger partial charge in [-0.25, -0.2) is 0 Å². The summed E-state index contributed by atoms with van der Waals surface area (Å²) in [6, 6.07) is 21.8. The average Bonchev–Trinajstić information content (AvgIpc) is 2.29. The molecule has 2 aromatic carbocycles. The summed E-state index contributed by atoms with van der Waals surface area (Å²) in [4.78, 5) is 0. The maximum absolute atomic E-state index is 2.28. The van der Waals surface area contributed by atoms with E-state index < -0.39 is 24.6 Å². The molecule has 1 heteroatoms. The molecule has 14 heavy (non-hydrogen) atoms. The third-order valence-corrected chi connectivity index (χ3v) is 9.68. The molecule has 2 aromatic rings. The van der Waals surface area contributed by atoms with Crippen LogP contribution in [-0.2, 0) is 28.5 Å². The fourth-order valence-corrected chi connectivity index (χ4v) is 7.47. The van der Waals surface area contributed by atoms with Gasteiger partial charge in [-0.05, 0) is 0 Å². The normalized spacial score (nSPS) is 9.43. The Bertz CT molecular complexity index is 327. The fraction of sp³-hybridized carbons (Fsp3) is 0.0769. The maximum atomic E-state index is 2.28. The van der Waals surface area contributed by atoms with Crippen LogP contribution in [0.25, 0.3) is 0 Å². The molecule has 0 aliphatic carbocycles. The van der Waals surface area contributed by atoms with Crippen LogP contribution < -0.4 is 3.07 Å². The average molecular weight is 369 g/mol. The molecule has 0 spiro atoms. The summed E-state index contributed by atoms with van der Waals surface area (Å²) in [5.74, 6) is 0. The number of rotatable bonds is 3. The number of benzene rings is 2. The minimum absolute atomic E-state index is 0.853. The first-order valence-corrected chi connectivity index (χ1v) is 11.7. The van der Waals surface area contributed by atoms with Crippen molar-refractivity contribution in [1.82, 2.24) is 0 Å². The summed E-state index contributed by atoms with van der Waals surface area (Å²) in [7, 11) is 0. The number of hydrogen-bond donors (Lipinski definition) is 0. The van der Waals surface area contributed by atoms with Gasteiger partial charge in [0.05, 0.1) is 0 Å². The summed E-state index contributed by atoms with van der Waals surface area (Å²) in [6.07, 6.45) is 0. The SMILES string of the molecule is c1ccc([CH2][Hg][c]2ccccc2)cc1.